The molecule has 3 rings (SSSR count). The number of aliphatic carboxylic acids is 1. The van der Waals surface area contributed by atoms with Gasteiger partial charge in [-0.2, -0.15) is 4.39 Å². The normalized spacial score (nSPS) is 30.4. The number of hydrogen-bond acceptors (Lipinski definition) is 3. The summed E-state index contributed by atoms with van der Waals surface area (Å²) >= 11 is 0. The van der Waals surface area contributed by atoms with E-state index < -0.39 is 29.7 Å². The van der Waals surface area contributed by atoms with E-state index in [1.165, 1.54) is 18.2 Å². The monoisotopic (exact) mass is 276 g/mol. The van der Waals surface area contributed by atoms with Crippen LogP contribution in [0.3, 0.4) is 0 Å². The minimum Gasteiger partial charge on any atom is -0.481 e. The second kappa shape index (κ2) is 4.70. The summed E-state index contributed by atoms with van der Waals surface area (Å²) in [5, 5.41) is 11.8. The molecular weight excluding hydrogens is 263 g/mol. The van der Waals surface area contributed by atoms with E-state index in [2.05, 4.69) is 10.3 Å². The molecule has 1 fully saturated rings. The highest BCUT2D eigenvalue weighted by molar-refractivity contribution is 5.95. The SMILES string of the molecule is O=C(O)[C@@H]1C2C=CC(C2)[C@@H]1C(=O)Nc1cccc(F)n1. The summed E-state index contributed by atoms with van der Waals surface area (Å²) in [5.41, 5.74) is 0. The van der Waals surface area contributed by atoms with Gasteiger partial charge >= 0.3 is 5.97 Å². The largest absolute Gasteiger partial charge is 0.481 e. The molecule has 2 aliphatic rings. The summed E-state index contributed by atoms with van der Waals surface area (Å²) in [5.74, 6) is -3.44. The smallest absolute Gasteiger partial charge is 0.307 e. The van der Waals surface area contributed by atoms with Crippen LogP contribution in [-0.4, -0.2) is 22.0 Å². The van der Waals surface area contributed by atoms with Gasteiger partial charge in [0.1, 0.15) is 5.82 Å². The molecule has 4 atom stereocenters. The van der Waals surface area contributed by atoms with E-state index in [4.69, 9.17) is 0 Å². The van der Waals surface area contributed by atoms with E-state index in [1.54, 1.807) is 0 Å². The summed E-state index contributed by atoms with van der Waals surface area (Å²) in [6.45, 7) is 0. The van der Waals surface area contributed by atoms with E-state index in [1.807, 2.05) is 12.2 Å². The van der Waals surface area contributed by atoms with Crippen LogP contribution < -0.4 is 5.32 Å². The number of halogens is 1. The third-order valence-corrected chi connectivity index (χ3v) is 4.01. The van der Waals surface area contributed by atoms with Crippen LogP contribution in [-0.2, 0) is 9.59 Å². The Bertz CT molecular complexity index is 602. The van der Waals surface area contributed by atoms with Crippen molar-refractivity contribution in [3.63, 3.8) is 0 Å². The summed E-state index contributed by atoms with van der Waals surface area (Å²) in [6.07, 6.45) is 4.45. The lowest BCUT2D eigenvalue weighted by Gasteiger charge is -2.23. The number of rotatable bonds is 3. The summed E-state index contributed by atoms with van der Waals surface area (Å²) in [6, 6.07) is 4.09. The molecule has 2 unspecified atom stereocenters. The van der Waals surface area contributed by atoms with Crippen molar-refractivity contribution in [2.24, 2.45) is 23.7 Å². The van der Waals surface area contributed by atoms with Crippen LogP contribution in [0.25, 0.3) is 0 Å². The van der Waals surface area contributed by atoms with Crippen molar-refractivity contribution in [1.29, 1.82) is 0 Å². The maximum Gasteiger partial charge on any atom is 0.307 e. The number of anilines is 1. The Morgan fingerprint density at radius 1 is 1.25 bits per heavy atom. The molecule has 0 saturated heterocycles. The summed E-state index contributed by atoms with van der Waals surface area (Å²) in [4.78, 5) is 27.1. The molecule has 1 amide bonds. The molecule has 1 aromatic rings. The first kappa shape index (κ1) is 12.8. The van der Waals surface area contributed by atoms with E-state index in [0.717, 1.165) is 0 Å². The van der Waals surface area contributed by atoms with Crippen molar-refractivity contribution in [2.45, 2.75) is 6.42 Å². The number of amides is 1. The fraction of sp³-hybridized carbons (Fsp3) is 0.357. The van der Waals surface area contributed by atoms with Crippen molar-refractivity contribution in [2.75, 3.05) is 5.32 Å². The van der Waals surface area contributed by atoms with Gasteiger partial charge in [-0.25, -0.2) is 4.98 Å². The first-order chi connectivity index (χ1) is 9.56. The van der Waals surface area contributed by atoms with Gasteiger partial charge in [0.15, 0.2) is 0 Å². The average molecular weight is 276 g/mol. The van der Waals surface area contributed by atoms with Crippen molar-refractivity contribution >= 4 is 17.7 Å². The van der Waals surface area contributed by atoms with Gasteiger partial charge < -0.3 is 10.4 Å². The third kappa shape index (κ3) is 2.07. The first-order valence-electron chi connectivity index (χ1n) is 6.41. The van der Waals surface area contributed by atoms with E-state index in [0.29, 0.717) is 6.42 Å². The Kier molecular flexibility index (Phi) is 3.00. The number of nitrogens with zero attached hydrogens (tertiary/aromatic N) is 1. The maximum atomic E-state index is 13.0. The third-order valence-electron chi connectivity index (χ3n) is 4.01. The maximum absolute atomic E-state index is 13.0. The zero-order chi connectivity index (χ0) is 14.3. The van der Waals surface area contributed by atoms with Gasteiger partial charge in [0.05, 0.1) is 11.8 Å². The number of fused-ring (bicyclic) bond motifs is 2. The molecule has 0 radical (unpaired) electrons. The summed E-state index contributed by atoms with van der Waals surface area (Å²) in [7, 11) is 0. The predicted molar refractivity (Wildman–Crippen MR) is 68.2 cm³/mol. The molecule has 2 aliphatic carbocycles. The Morgan fingerprint density at radius 2 is 1.95 bits per heavy atom. The highest BCUT2D eigenvalue weighted by Crippen LogP contribution is 2.48. The van der Waals surface area contributed by atoms with Gasteiger partial charge in [0.25, 0.3) is 0 Å². The molecule has 5 nitrogen and oxygen atoms in total. The van der Waals surface area contributed by atoms with Crippen LogP contribution in [0.5, 0.6) is 0 Å². The molecule has 1 heterocycles. The van der Waals surface area contributed by atoms with Crippen LogP contribution in [0, 0.1) is 29.6 Å². The minimum atomic E-state index is -0.964. The molecule has 20 heavy (non-hydrogen) atoms. The number of allylic oxidation sites excluding steroid dienone is 2. The van der Waals surface area contributed by atoms with Crippen molar-refractivity contribution < 1.29 is 19.1 Å². The first-order valence-corrected chi connectivity index (χ1v) is 6.41. The molecule has 0 spiro atoms. The van der Waals surface area contributed by atoms with Crippen LogP contribution in [0.1, 0.15) is 6.42 Å². The molecule has 0 aliphatic heterocycles. The average Bonchev–Trinajstić information content (AvgIpc) is 2.98. The Hall–Kier alpha value is -2.24. The molecule has 0 aromatic carbocycles. The van der Waals surface area contributed by atoms with E-state index in [-0.39, 0.29) is 17.7 Å². The Labute approximate surface area is 114 Å². The lowest BCUT2D eigenvalue weighted by molar-refractivity contribution is -0.146. The van der Waals surface area contributed by atoms with Crippen LogP contribution >= 0.6 is 0 Å². The number of hydrogen-bond donors (Lipinski definition) is 2. The molecule has 2 N–H and O–H groups in total. The summed E-state index contributed by atoms with van der Waals surface area (Å²) < 4.78 is 13.0. The second-order valence-corrected chi connectivity index (χ2v) is 5.17. The number of aromatic nitrogens is 1. The van der Waals surface area contributed by atoms with Crippen molar-refractivity contribution in [3.05, 3.63) is 36.3 Å². The zero-order valence-electron chi connectivity index (χ0n) is 10.5. The number of nitrogens with one attached hydrogen (secondary N) is 1. The molecule has 6 heteroatoms. The van der Waals surface area contributed by atoms with Crippen LogP contribution in [0.2, 0.25) is 0 Å². The quantitative estimate of drug-likeness (QED) is 0.650. The minimum absolute atomic E-state index is 0.0605. The molecule has 1 saturated carbocycles. The lowest BCUT2D eigenvalue weighted by atomic mass is 9.82. The molecule has 1 aromatic heterocycles. The second-order valence-electron chi connectivity index (χ2n) is 5.17. The van der Waals surface area contributed by atoms with Gasteiger partial charge in [0.2, 0.25) is 11.9 Å². The Morgan fingerprint density at radius 3 is 2.60 bits per heavy atom. The number of pyridine rings is 1. The number of carboxylic acid groups (broad SMARTS) is 1. The van der Waals surface area contributed by atoms with Gasteiger partial charge in [-0.1, -0.05) is 18.2 Å². The topological polar surface area (TPSA) is 79.3 Å². The number of carbonyl (C=O) groups excluding carboxylic acids is 1. The van der Waals surface area contributed by atoms with E-state index in [9.17, 15) is 19.1 Å². The van der Waals surface area contributed by atoms with Crippen LogP contribution in [0.4, 0.5) is 10.2 Å². The molecule has 2 bridgehead atoms. The van der Waals surface area contributed by atoms with Gasteiger partial charge in [-0.3, -0.25) is 9.59 Å². The lowest BCUT2D eigenvalue weighted by Crippen LogP contribution is -2.36. The fourth-order valence-corrected chi connectivity index (χ4v) is 3.20. The van der Waals surface area contributed by atoms with E-state index >= 15 is 0 Å². The van der Waals surface area contributed by atoms with Crippen LogP contribution in [0.15, 0.2) is 30.4 Å². The van der Waals surface area contributed by atoms with Gasteiger partial charge in [0, 0.05) is 0 Å². The fourth-order valence-electron chi connectivity index (χ4n) is 3.20. The van der Waals surface area contributed by atoms with Crippen molar-refractivity contribution in [1.82, 2.24) is 4.98 Å². The molecular formula is C14H13FN2O3. The predicted octanol–water partition coefficient (Wildman–Crippen LogP) is 1.68. The zero-order valence-corrected chi connectivity index (χ0v) is 10.5. The number of carbonyl (C=O) groups is 2. The van der Waals surface area contributed by atoms with Gasteiger partial charge in [-0.15, -0.1) is 0 Å². The van der Waals surface area contributed by atoms with Gasteiger partial charge in [-0.05, 0) is 30.4 Å². The highest BCUT2D eigenvalue weighted by atomic mass is 19.1. The molecule has 104 valence electrons. The standard InChI is InChI=1S/C14H13FN2O3/c15-9-2-1-3-10(16-9)17-13(18)11-7-4-5-8(6-7)12(11)14(19)20/h1-5,7-8,11-12H,6H2,(H,19,20)(H,16,17,18)/t7?,8?,11-,12+/m0/s1. The Balaban J connectivity index is 1.80. The number of carboxylic acids is 1. The highest BCUT2D eigenvalue weighted by Gasteiger charge is 2.51. The van der Waals surface area contributed by atoms with Crippen molar-refractivity contribution in [3.8, 4) is 0 Å².